The average Bonchev–Trinajstić information content (AvgIpc) is 2.72. The van der Waals surface area contributed by atoms with E-state index in [1.807, 2.05) is 13.8 Å². The van der Waals surface area contributed by atoms with E-state index in [-0.39, 0.29) is 5.92 Å². The average molecular weight is 270 g/mol. The Balaban J connectivity index is 2.22. The Hall–Kier alpha value is -1.33. The summed E-state index contributed by atoms with van der Waals surface area (Å²) in [5.74, 6) is 1.55. The molecule has 0 unspecified atom stereocenters. The van der Waals surface area contributed by atoms with Gasteiger partial charge in [0.05, 0.1) is 5.69 Å². The predicted molar refractivity (Wildman–Crippen MR) is 69.9 cm³/mol. The maximum Gasteiger partial charge on any atom is 0.298 e. The molecule has 1 aromatic heterocycles. The van der Waals surface area contributed by atoms with E-state index in [1.165, 1.54) is 11.5 Å². The SMILES string of the molecule is CC(C)c1nsc(Oc2cc(Cl)ccc2N)n1. The quantitative estimate of drug-likeness (QED) is 0.863. The van der Waals surface area contributed by atoms with Crippen LogP contribution in [0, 0.1) is 0 Å². The summed E-state index contributed by atoms with van der Waals surface area (Å²) >= 11 is 7.08. The number of benzene rings is 1. The van der Waals surface area contributed by atoms with Gasteiger partial charge in [-0.05, 0) is 12.1 Å². The van der Waals surface area contributed by atoms with Gasteiger partial charge in [-0.2, -0.15) is 9.36 Å². The van der Waals surface area contributed by atoms with Gasteiger partial charge in [0.2, 0.25) is 0 Å². The summed E-state index contributed by atoms with van der Waals surface area (Å²) in [5, 5.41) is 1.05. The number of halogens is 1. The van der Waals surface area contributed by atoms with Crippen molar-refractivity contribution in [2.75, 3.05) is 5.73 Å². The molecular formula is C11H12ClN3OS. The lowest BCUT2D eigenvalue weighted by Crippen LogP contribution is -1.93. The Morgan fingerprint density at radius 1 is 1.41 bits per heavy atom. The number of nitrogens with two attached hydrogens (primary N) is 1. The second-order valence-electron chi connectivity index (χ2n) is 3.86. The Morgan fingerprint density at radius 3 is 2.82 bits per heavy atom. The first kappa shape index (κ1) is 12.1. The Kier molecular flexibility index (Phi) is 3.49. The van der Waals surface area contributed by atoms with Crippen LogP contribution in [0.25, 0.3) is 0 Å². The zero-order valence-corrected chi connectivity index (χ0v) is 11.0. The summed E-state index contributed by atoms with van der Waals surface area (Å²) in [5.41, 5.74) is 6.30. The lowest BCUT2D eigenvalue weighted by molar-refractivity contribution is 0.478. The van der Waals surface area contributed by atoms with Crippen LogP contribution in [0.3, 0.4) is 0 Å². The topological polar surface area (TPSA) is 61.0 Å². The van der Waals surface area contributed by atoms with Crippen LogP contribution in [0.2, 0.25) is 5.02 Å². The van der Waals surface area contributed by atoms with Crippen molar-refractivity contribution in [1.29, 1.82) is 0 Å². The first-order chi connectivity index (χ1) is 8.06. The molecule has 0 spiro atoms. The van der Waals surface area contributed by atoms with Crippen LogP contribution in [0.15, 0.2) is 18.2 Å². The highest BCUT2D eigenvalue weighted by atomic mass is 35.5. The van der Waals surface area contributed by atoms with Crippen LogP contribution in [0.5, 0.6) is 10.9 Å². The minimum atomic E-state index is 0.278. The number of hydrogen-bond donors (Lipinski definition) is 1. The molecule has 0 saturated carbocycles. The molecule has 2 aromatic rings. The van der Waals surface area contributed by atoms with Crippen LogP contribution in [0.4, 0.5) is 5.69 Å². The Morgan fingerprint density at radius 2 is 2.18 bits per heavy atom. The Bertz CT molecular complexity index is 527. The molecule has 2 N–H and O–H groups in total. The molecule has 6 heteroatoms. The van der Waals surface area contributed by atoms with Gasteiger partial charge in [-0.15, -0.1) is 0 Å². The van der Waals surface area contributed by atoms with E-state index in [4.69, 9.17) is 22.1 Å². The van der Waals surface area contributed by atoms with Gasteiger partial charge in [0, 0.05) is 28.5 Å². The van der Waals surface area contributed by atoms with Gasteiger partial charge in [-0.1, -0.05) is 25.4 Å². The van der Waals surface area contributed by atoms with Gasteiger partial charge >= 0.3 is 0 Å². The number of anilines is 1. The summed E-state index contributed by atoms with van der Waals surface area (Å²) in [4.78, 5) is 4.26. The molecule has 0 radical (unpaired) electrons. The van der Waals surface area contributed by atoms with E-state index in [9.17, 15) is 0 Å². The third-order valence-electron chi connectivity index (χ3n) is 2.11. The molecule has 0 amide bonds. The number of aromatic nitrogens is 2. The standard InChI is InChI=1S/C11H12ClN3OS/c1-6(2)10-14-11(17-15-10)16-9-5-7(12)3-4-8(9)13/h3-6H,13H2,1-2H3. The van der Waals surface area contributed by atoms with Crippen LogP contribution >= 0.6 is 23.1 Å². The van der Waals surface area contributed by atoms with E-state index in [0.29, 0.717) is 21.7 Å². The first-order valence-electron chi connectivity index (χ1n) is 5.12. The van der Waals surface area contributed by atoms with Crippen molar-refractivity contribution in [1.82, 2.24) is 9.36 Å². The van der Waals surface area contributed by atoms with Gasteiger partial charge in [0.15, 0.2) is 5.75 Å². The van der Waals surface area contributed by atoms with E-state index in [0.717, 1.165) is 5.82 Å². The zero-order valence-electron chi connectivity index (χ0n) is 9.48. The monoisotopic (exact) mass is 269 g/mol. The highest BCUT2D eigenvalue weighted by Crippen LogP contribution is 2.31. The number of nitrogen functional groups attached to an aromatic ring is 1. The lowest BCUT2D eigenvalue weighted by Gasteiger charge is -2.04. The molecule has 0 aliphatic rings. The van der Waals surface area contributed by atoms with Crippen molar-refractivity contribution in [2.24, 2.45) is 0 Å². The molecule has 0 aliphatic heterocycles. The van der Waals surface area contributed by atoms with Crippen LogP contribution in [0.1, 0.15) is 25.6 Å². The maximum atomic E-state index is 5.87. The fraction of sp³-hybridized carbons (Fsp3) is 0.273. The van der Waals surface area contributed by atoms with Crippen molar-refractivity contribution >= 4 is 28.8 Å². The number of nitrogens with zero attached hydrogens (tertiary/aromatic N) is 2. The van der Waals surface area contributed by atoms with Gasteiger partial charge < -0.3 is 10.5 Å². The summed E-state index contributed by atoms with van der Waals surface area (Å²) in [7, 11) is 0. The normalized spacial score (nSPS) is 10.8. The van der Waals surface area contributed by atoms with Gasteiger partial charge in [-0.3, -0.25) is 0 Å². The molecule has 2 rings (SSSR count). The second kappa shape index (κ2) is 4.89. The molecule has 0 atom stereocenters. The highest BCUT2D eigenvalue weighted by molar-refractivity contribution is 7.07. The zero-order chi connectivity index (χ0) is 12.4. The number of rotatable bonds is 3. The van der Waals surface area contributed by atoms with Gasteiger partial charge in [0.25, 0.3) is 5.19 Å². The minimum absolute atomic E-state index is 0.278. The van der Waals surface area contributed by atoms with E-state index < -0.39 is 0 Å². The van der Waals surface area contributed by atoms with Crippen molar-refractivity contribution < 1.29 is 4.74 Å². The molecular weight excluding hydrogens is 258 g/mol. The van der Waals surface area contributed by atoms with E-state index in [2.05, 4.69) is 9.36 Å². The Labute approximate surface area is 109 Å². The van der Waals surface area contributed by atoms with Gasteiger partial charge in [-0.25, -0.2) is 0 Å². The molecule has 90 valence electrons. The van der Waals surface area contributed by atoms with E-state index >= 15 is 0 Å². The number of ether oxygens (including phenoxy) is 1. The minimum Gasteiger partial charge on any atom is -0.428 e. The van der Waals surface area contributed by atoms with Crippen molar-refractivity contribution in [2.45, 2.75) is 19.8 Å². The largest absolute Gasteiger partial charge is 0.428 e. The molecule has 4 nitrogen and oxygen atoms in total. The van der Waals surface area contributed by atoms with Crippen LogP contribution in [-0.2, 0) is 0 Å². The van der Waals surface area contributed by atoms with Crippen molar-refractivity contribution in [3.05, 3.63) is 29.0 Å². The molecule has 0 aliphatic carbocycles. The molecule has 1 heterocycles. The lowest BCUT2D eigenvalue weighted by atomic mass is 10.2. The third-order valence-corrected chi connectivity index (χ3v) is 2.96. The van der Waals surface area contributed by atoms with Crippen LogP contribution in [-0.4, -0.2) is 9.36 Å². The molecule has 0 saturated heterocycles. The smallest absolute Gasteiger partial charge is 0.298 e. The molecule has 0 fully saturated rings. The van der Waals surface area contributed by atoms with Gasteiger partial charge in [0.1, 0.15) is 5.82 Å². The number of hydrogen-bond acceptors (Lipinski definition) is 5. The maximum absolute atomic E-state index is 5.87. The summed E-state index contributed by atoms with van der Waals surface area (Å²) in [6.45, 7) is 4.05. The van der Waals surface area contributed by atoms with Crippen LogP contribution < -0.4 is 10.5 Å². The second-order valence-corrected chi connectivity index (χ2v) is 5.01. The highest BCUT2D eigenvalue weighted by Gasteiger charge is 2.10. The predicted octanol–water partition coefficient (Wildman–Crippen LogP) is 3.69. The third kappa shape index (κ3) is 2.87. The van der Waals surface area contributed by atoms with E-state index in [1.54, 1.807) is 18.2 Å². The molecule has 0 bridgehead atoms. The first-order valence-corrected chi connectivity index (χ1v) is 6.28. The summed E-state index contributed by atoms with van der Waals surface area (Å²) in [6, 6.07) is 5.07. The fourth-order valence-electron chi connectivity index (χ4n) is 1.19. The van der Waals surface area contributed by atoms with Crippen molar-refractivity contribution in [3.63, 3.8) is 0 Å². The molecule has 1 aromatic carbocycles. The molecule has 17 heavy (non-hydrogen) atoms. The summed E-state index contributed by atoms with van der Waals surface area (Å²) < 4.78 is 9.75. The fourth-order valence-corrected chi connectivity index (χ4v) is 2.03. The van der Waals surface area contributed by atoms with Crippen molar-refractivity contribution in [3.8, 4) is 10.9 Å². The summed E-state index contributed by atoms with van der Waals surface area (Å²) in [6.07, 6.45) is 0.